The van der Waals surface area contributed by atoms with Crippen LogP contribution in [0.3, 0.4) is 0 Å². The number of likely N-dealkylation sites (N-methyl/N-ethyl adjacent to an activating group) is 1. The molecule has 2 aliphatic rings. The lowest BCUT2D eigenvalue weighted by molar-refractivity contribution is -0.126. The van der Waals surface area contributed by atoms with E-state index in [2.05, 4.69) is 9.97 Å². The highest BCUT2D eigenvalue weighted by molar-refractivity contribution is 5.81. The smallest absolute Gasteiger partial charge is 0.223 e. The molecule has 1 spiro atoms. The second-order valence-corrected chi connectivity index (χ2v) is 6.81. The highest BCUT2D eigenvalue weighted by atomic mass is 19.1. The van der Waals surface area contributed by atoms with Gasteiger partial charge in [0.1, 0.15) is 11.6 Å². The van der Waals surface area contributed by atoms with Gasteiger partial charge in [-0.25, -0.2) is 14.4 Å². The van der Waals surface area contributed by atoms with Gasteiger partial charge in [-0.2, -0.15) is 0 Å². The zero-order valence-corrected chi connectivity index (χ0v) is 13.8. The maximum atomic E-state index is 14.3. The Morgan fingerprint density at radius 3 is 2.75 bits per heavy atom. The molecule has 124 valence electrons. The molecule has 1 amide bonds. The highest BCUT2D eigenvalue weighted by Crippen LogP contribution is 2.41. The van der Waals surface area contributed by atoms with Gasteiger partial charge in [0.25, 0.3) is 0 Å². The number of amides is 1. The molecule has 1 atom stereocenters. The van der Waals surface area contributed by atoms with Crippen molar-refractivity contribution in [1.82, 2.24) is 14.9 Å². The molecular weight excluding hydrogens is 307 g/mol. The highest BCUT2D eigenvalue weighted by Gasteiger charge is 2.49. The van der Waals surface area contributed by atoms with Crippen molar-refractivity contribution in [2.75, 3.05) is 25.0 Å². The Balaban J connectivity index is 1.83. The maximum Gasteiger partial charge on any atom is 0.223 e. The van der Waals surface area contributed by atoms with Crippen LogP contribution in [0.4, 0.5) is 10.1 Å². The second kappa shape index (κ2) is 5.26. The molecule has 1 fully saturated rings. The van der Waals surface area contributed by atoms with Gasteiger partial charge in [0.15, 0.2) is 0 Å². The molecule has 0 N–H and O–H groups in total. The number of aryl methyl sites for hydroxylation is 1. The molecule has 0 bridgehead atoms. The Kier molecular flexibility index (Phi) is 3.30. The molecule has 2 aromatic rings. The van der Waals surface area contributed by atoms with Crippen molar-refractivity contribution >= 4 is 11.6 Å². The summed E-state index contributed by atoms with van der Waals surface area (Å²) in [5.41, 5.74) is 2.07. The maximum absolute atomic E-state index is 14.3. The number of rotatable bonds is 1. The van der Waals surface area contributed by atoms with Crippen molar-refractivity contribution in [3.05, 3.63) is 53.4 Å². The predicted octanol–water partition coefficient (Wildman–Crippen LogP) is 2.04. The third kappa shape index (κ3) is 2.25. The van der Waals surface area contributed by atoms with Crippen LogP contribution in [-0.2, 0) is 16.8 Å². The van der Waals surface area contributed by atoms with E-state index < -0.39 is 5.41 Å². The third-order valence-corrected chi connectivity index (χ3v) is 4.99. The Hall–Kier alpha value is -2.50. The molecular formula is C18H19FN4O. The van der Waals surface area contributed by atoms with Gasteiger partial charge in [0.2, 0.25) is 5.91 Å². The molecule has 1 unspecified atom stereocenters. The standard InChI is InChI=1S/C18H19FN4O/c1-12-20-8-13-9-23(15-6-4-3-5-14(15)19)11-18(17(13)21-12)7-16(24)22(2)10-18/h3-6,8H,7,9-11H2,1-2H3. The first kappa shape index (κ1) is 15.1. The molecule has 0 saturated carbocycles. The third-order valence-electron chi connectivity index (χ3n) is 4.99. The predicted molar refractivity (Wildman–Crippen MR) is 88.2 cm³/mol. The number of nitrogens with zero attached hydrogens (tertiary/aromatic N) is 4. The molecule has 1 aromatic carbocycles. The summed E-state index contributed by atoms with van der Waals surface area (Å²) in [7, 11) is 1.81. The summed E-state index contributed by atoms with van der Waals surface area (Å²) in [5, 5.41) is 0. The normalized spacial score (nSPS) is 23.0. The van der Waals surface area contributed by atoms with Crippen LogP contribution < -0.4 is 4.90 Å². The van der Waals surface area contributed by atoms with Crippen LogP contribution in [0.2, 0.25) is 0 Å². The number of aromatic nitrogens is 2. The number of para-hydroxylation sites is 1. The molecule has 6 heteroatoms. The summed E-state index contributed by atoms with van der Waals surface area (Å²) in [5.74, 6) is 0.559. The molecule has 0 aliphatic carbocycles. The topological polar surface area (TPSA) is 49.3 Å². The lowest BCUT2D eigenvalue weighted by Crippen LogP contribution is -2.48. The van der Waals surface area contributed by atoms with E-state index in [4.69, 9.17) is 0 Å². The van der Waals surface area contributed by atoms with Gasteiger partial charge >= 0.3 is 0 Å². The first-order chi connectivity index (χ1) is 11.5. The number of fused-ring (bicyclic) bond motifs is 2. The lowest BCUT2D eigenvalue weighted by Gasteiger charge is -2.41. The van der Waals surface area contributed by atoms with Crippen LogP contribution in [-0.4, -0.2) is 40.9 Å². The van der Waals surface area contributed by atoms with Gasteiger partial charge in [-0.15, -0.1) is 0 Å². The zero-order valence-electron chi connectivity index (χ0n) is 13.8. The largest absolute Gasteiger partial charge is 0.364 e. The zero-order chi connectivity index (χ0) is 16.9. The van der Waals surface area contributed by atoms with Gasteiger partial charge < -0.3 is 9.80 Å². The second-order valence-electron chi connectivity index (χ2n) is 6.81. The minimum absolute atomic E-state index is 0.104. The van der Waals surface area contributed by atoms with E-state index in [0.29, 0.717) is 37.6 Å². The molecule has 5 nitrogen and oxygen atoms in total. The van der Waals surface area contributed by atoms with Crippen molar-refractivity contribution in [2.24, 2.45) is 0 Å². The molecule has 0 radical (unpaired) electrons. The number of halogens is 1. The summed E-state index contributed by atoms with van der Waals surface area (Å²) in [6, 6.07) is 6.77. The van der Waals surface area contributed by atoms with Crippen molar-refractivity contribution in [3.8, 4) is 0 Å². The van der Waals surface area contributed by atoms with Crippen LogP contribution in [0.1, 0.15) is 23.5 Å². The molecule has 4 rings (SSSR count). The first-order valence-electron chi connectivity index (χ1n) is 8.05. The van der Waals surface area contributed by atoms with Crippen molar-refractivity contribution in [1.29, 1.82) is 0 Å². The summed E-state index contributed by atoms with van der Waals surface area (Å²) >= 11 is 0. The number of carbonyl (C=O) groups is 1. The van der Waals surface area contributed by atoms with Gasteiger partial charge in [0.05, 0.1) is 16.8 Å². The quantitative estimate of drug-likeness (QED) is 0.805. The Morgan fingerprint density at radius 2 is 2.04 bits per heavy atom. The van der Waals surface area contributed by atoms with E-state index in [0.717, 1.165) is 11.3 Å². The monoisotopic (exact) mass is 326 g/mol. The number of carbonyl (C=O) groups excluding carboxylic acids is 1. The summed E-state index contributed by atoms with van der Waals surface area (Å²) in [6.45, 7) is 3.58. The van der Waals surface area contributed by atoms with Gasteiger partial charge in [-0.1, -0.05) is 12.1 Å². The van der Waals surface area contributed by atoms with Crippen LogP contribution in [0, 0.1) is 12.7 Å². The van der Waals surface area contributed by atoms with E-state index in [1.165, 1.54) is 6.07 Å². The van der Waals surface area contributed by atoms with Gasteiger partial charge in [0, 0.05) is 44.9 Å². The average Bonchev–Trinajstić information content (AvgIpc) is 2.83. The van der Waals surface area contributed by atoms with E-state index in [9.17, 15) is 9.18 Å². The fraction of sp³-hybridized carbons (Fsp3) is 0.389. The number of likely N-dealkylation sites (tertiary alicyclic amines) is 1. The minimum atomic E-state index is -0.407. The van der Waals surface area contributed by atoms with Crippen molar-refractivity contribution in [2.45, 2.75) is 25.3 Å². The summed E-state index contributed by atoms with van der Waals surface area (Å²) in [4.78, 5) is 25.0. The van der Waals surface area contributed by atoms with E-state index in [-0.39, 0.29) is 11.7 Å². The fourth-order valence-corrected chi connectivity index (χ4v) is 3.94. The van der Waals surface area contributed by atoms with Crippen LogP contribution >= 0.6 is 0 Å². The summed E-state index contributed by atoms with van der Waals surface area (Å²) in [6.07, 6.45) is 2.22. The number of anilines is 1. The molecule has 1 aromatic heterocycles. The number of benzene rings is 1. The minimum Gasteiger partial charge on any atom is -0.364 e. The number of hydrogen-bond acceptors (Lipinski definition) is 4. The summed E-state index contributed by atoms with van der Waals surface area (Å²) < 4.78 is 14.3. The Morgan fingerprint density at radius 1 is 1.25 bits per heavy atom. The fourth-order valence-electron chi connectivity index (χ4n) is 3.94. The van der Waals surface area contributed by atoms with Crippen molar-refractivity contribution < 1.29 is 9.18 Å². The van der Waals surface area contributed by atoms with E-state index >= 15 is 0 Å². The Bertz CT molecular complexity index is 824. The molecule has 24 heavy (non-hydrogen) atoms. The van der Waals surface area contributed by atoms with Crippen LogP contribution in [0.5, 0.6) is 0 Å². The average molecular weight is 326 g/mol. The SMILES string of the molecule is Cc1ncc2c(n1)C1(CC(=O)N(C)C1)CN(c1ccccc1F)C2. The van der Waals surface area contributed by atoms with Crippen LogP contribution in [0.25, 0.3) is 0 Å². The first-order valence-corrected chi connectivity index (χ1v) is 8.05. The van der Waals surface area contributed by atoms with Gasteiger partial charge in [-0.3, -0.25) is 4.79 Å². The van der Waals surface area contributed by atoms with Crippen molar-refractivity contribution in [3.63, 3.8) is 0 Å². The molecule has 1 saturated heterocycles. The van der Waals surface area contributed by atoms with E-state index in [1.54, 1.807) is 17.0 Å². The van der Waals surface area contributed by atoms with Crippen LogP contribution in [0.15, 0.2) is 30.5 Å². The number of hydrogen-bond donors (Lipinski definition) is 0. The lowest BCUT2D eigenvalue weighted by atomic mass is 9.77. The van der Waals surface area contributed by atoms with Gasteiger partial charge in [-0.05, 0) is 19.1 Å². The molecule has 2 aliphatic heterocycles. The molecule has 3 heterocycles. The Labute approximate surface area is 140 Å². The van der Waals surface area contributed by atoms with E-state index in [1.807, 2.05) is 31.1 Å².